The molecule has 0 amide bonds. The molecule has 1 N–H and O–H groups in total. The SMILES string of the molecule is CCCC1CCCC(NCCc2cccc(C)c2)CC1. The summed E-state index contributed by atoms with van der Waals surface area (Å²) < 4.78 is 0. The third-order valence-electron chi connectivity index (χ3n) is 4.71. The van der Waals surface area contributed by atoms with Crippen molar-refractivity contribution < 1.29 is 0 Å². The minimum absolute atomic E-state index is 0.765. The van der Waals surface area contributed by atoms with Gasteiger partial charge in [-0.2, -0.15) is 0 Å². The topological polar surface area (TPSA) is 12.0 Å². The first-order valence-electron chi connectivity index (χ1n) is 8.57. The molecule has 2 unspecified atom stereocenters. The van der Waals surface area contributed by atoms with Gasteiger partial charge in [0.1, 0.15) is 0 Å². The fraction of sp³-hybridized carbons (Fsp3) is 0.684. The van der Waals surface area contributed by atoms with Crippen LogP contribution in [-0.4, -0.2) is 12.6 Å². The van der Waals surface area contributed by atoms with Crippen LogP contribution in [0.2, 0.25) is 0 Å². The van der Waals surface area contributed by atoms with Gasteiger partial charge in [0.25, 0.3) is 0 Å². The van der Waals surface area contributed by atoms with E-state index in [1.54, 1.807) is 0 Å². The minimum atomic E-state index is 0.765. The molecule has 0 aromatic heterocycles. The fourth-order valence-electron chi connectivity index (χ4n) is 3.57. The van der Waals surface area contributed by atoms with Crippen LogP contribution in [0.25, 0.3) is 0 Å². The van der Waals surface area contributed by atoms with E-state index in [1.807, 2.05) is 0 Å². The molecule has 0 heterocycles. The van der Waals surface area contributed by atoms with Crippen molar-refractivity contribution in [2.75, 3.05) is 6.54 Å². The molecule has 0 spiro atoms. The molecule has 1 fully saturated rings. The van der Waals surface area contributed by atoms with Crippen LogP contribution in [0.4, 0.5) is 0 Å². The van der Waals surface area contributed by atoms with Crippen LogP contribution in [0.5, 0.6) is 0 Å². The second kappa shape index (κ2) is 8.46. The van der Waals surface area contributed by atoms with E-state index in [2.05, 4.69) is 43.4 Å². The molecular weight excluding hydrogens is 242 g/mol. The Hall–Kier alpha value is -0.820. The third-order valence-corrected chi connectivity index (χ3v) is 4.71. The van der Waals surface area contributed by atoms with Crippen LogP contribution < -0.4 is 5.32 Å². The number of aryl methyl sites for hydroxylation is 1. The Morgan fingerprint density at radius 1 is 1.15 bits per heavy atom. The van der Waals surface area contributed by atoms with Crippen molar-refractivity contribution in [2.24, 2.45) is 5.92 Å². The molecule has 112 valence electrons. The van der Waals surface area contributed by atoms with E-state index in [0.29, 0.717) is 0 Å². The van der Waals surface area contributed by atoms with Crippen molar-refractivity contribution in [1.29, 1.82) is 0 Å². The van der Waals surface area contributed by atoms with Crippen LogP contribution >= 0.6 is 0 Å². The van der Waals surface area contributed by atoms with E-state index in [1.165, 1.54) is 56.1 Å². The molecule has 0 aliphatic heterocycles. The molecule has 2 atom stereocenters. The number of hydrogen-bond donors (Lipinski definition) is 1. The van der Waals surface area contributed by atoms with Crippen molar-refractivity contribution in [3.05, 3.63) is 35.4 Å². The summed E-state index contributed by atoms with van der Waals surface area (Å²) in [6.07, 6.45) is 11.1. The predicted molar refractivity (Wildman–Crippen MR) is 88.2 cm³/mol. The molecule has 1 aliphatic carbocycles. The van der Waals surface area contributed by atoms with Gasteiger partial charge < -0.3 is 5.32 Å². The summed E-state index contributed by atoms with van der Waals surface area (Å²) in [6.45, 7) is 5.63. The van der Waals surface area contributed by atoms with Crippen molar-refractivity contribution in [3.8, 4) is 0 Å². The Morgan fingerprint density at radius 2 is 2.05 bits per heavy atom. The van der Waals surface area contributed by atoms with E-state index in [9.17, 15) is 0 Å². The zero-order valence-corrected chi connectivity index (χ0v) is 13.3. The van der Waals surface area contributed by atoms with Gasteiger partial charge in [-0.1, -0.05) is 62.4 Å². The average molecular weight is 273 g/mol. The van der Waals surface area contributed by atoms with E-state index < -0.39 is 0 Å². The molecule has 20 heavy (non-hydrogen) atoms. The molecule has 0 bridgehead atoms. The Morgan fingerprint density at radius 3 is 2.85 bits per heavy atom. The van der Waals surface area contributed by atoms with Crippen LogP contribution in [0.1, 0.15) is 63.0 Å². The van der Waals surface area contributed by atoms with Crippen LogP contribution in [0, 0.1) is 12.8 Å². The summed E-state index contributed by atoms with van der Waals surface area (Å²) >= 11 is 0. The van der Waals surface area contributed by atoms with Gasteiger partial charge in [-0.05, 0) is 50.6 Å². The average Bonchev–Trinajstić information content (AvgIpc) is 2.65. The smallest absolute Gasteiger partial charge is 0.00672 e. The Kier molecular flexibility index (Phi) is 6.59. The normalized spacial score (nSPS) is 23.5. The molecule has 1 nitrogen and oxygen atoms in total. The fourth-order valence-corrected chi connectivity index (χ4v) is 3.57. The molecule has 2 rings (SSSR count). The molecule has 1 aromatic carbocycles. The molecule has 0 radical (unpaired) electrons. The lowest BCUT2D eigenvalue weighted by Gasteiger charge is -2.17. The Labute approximate surface area is 125 Å². The lowest BCUT2D eigenvalue weighted by atomic mass is 9.95. The predicted octanol–water partition coefficient (Wildman–Crippen LogP) is 4.88. The highest BCUT2D eigenvalue weighted by Gasteiger charge is 2.17. The highest BCUT2D eigenvalue weighted by molar-refractivity contribution is 5.22. The first kappa shape index (κ1) is 15.6. The third kappa shape index (κ3) is 5.28. The standard InChI is InChI=1S/C19H31N/c1-3-6-17-8-5-10-19(12-11-17)20-14-13-18-9-4-7-16(2)15-18/h4,7,9,15,17,19-20H,3,5-6,8,10-14H2,1-2H3. The molecule has 1 heteroatoms. The highest BCUT2D eigenvalue weighted by Crippen LogP contribution is 2.26. The largest absolute Gasteiger partial charge is 0.314 e. The summed E-state index contributed by atoms with van der Waals surface area (Å²) in [5, 5.41) is 3.79. The lowest BCUT2D eigenvalue weighted by molar-refractivity contribution is 0.411. The highest BCUT2D eigenvalue weighted by atomic mass is 14.9. The summed E-state index contributed by atoms with van der Waals surface area (Å²) in [5.74, 6) is 1.00. The maximum absolute atomic E-state index is 3.79. The maximum atomic E-state index is 3.79. The van der Waals surface area contributed by atoms with Crippen molar-refractivity contribution in [3.63, 3.8) is 0 Å². The van der Waals surface area contributed by atoms with Crippen LogP contribution in [0.15, 0.2) is 24.3 Å². The van der Waals surface area contributed by atoms with E-state index >= 15 is 0 Å². The van der Waals surface area contributed by atoms with Crippen molar-refractivity contribution in [2.45, 2.75) is 71.3 Å². The summed E-state index contributed by atoms with van der Waals surface area (Å²) in [6, 6.07) is 9.68. The summed E-state index contributed by atoms with van der Waals surface area (Å²) in [5.41, 5.74) is 2.84. The quantitative estimate of drug-likeness (QED) is 0.729. The zero-order valence-electron chi connectivity index (χ0n) is 13.3. The van der Waals surface area contributed by atoms with Crippen LogP contribution in [0.3, 0.4) is 0 Å². The molecule has 1 saturated carbocycles. The second-order valence-corrected chi connectivity index (χ2v) is 6.55. The maximum Gasteiger partial charge on any atom is 0.00672 e. The van der Waals surface area contributed by atoms with Crippen LogP contribution in [-0.2, 0) is 6.42 Å². The molecular formula is C19H31N. The van der Waals surface area contributed by atoms with Gasteiger partial charge in [-0.15, -0.1) is 0 Å². The summed E-state index contributed by atoms with van der Waals surface area (Å²) in [7, 11) is 0. The van der Waals surface area contributed by atoms with Gasteiger partial charge in [0.2, 0.25) is 0 Å². The first-order chi connectivity index (χ1) is 9.78. The number of nitrogens with one attached hydrogen (secondary N) is 1. The molecule has 0 saturated heterocycles. The van der Waals surface area contributed by atoms with Gasteiger partial charge in [-0.3, -0.25) is 0 Å². The molecule has 1 aliphatic rings. The van der Waals surface area contributed by atoms with Gasteiger partial charge in [0.05, 0.1) is 0 Å². The van der Waals surface area contributed by atoms with E-state index in [-0.39, 0.29) is 0 Å². The Balaban J connectivity index is 1.69. The van der Waals surface area contributed by atoms with Crippen molar-refractivity contribution in [1.82, 2.24) is 5.32 Å². The van der Waals surface area contributed by atoms with E-state index in [4.69, 9.17) is 0 Å². The molecule has 1 aromatic rings. The number of hydrogen-bond acceptors (Lipinski definition) is 1. The lowest BCUT2D eigenvalue weighted by Crippen LogP contribution is -2.30. The monoisotopic (exact) mass is 273 g/mol. The number of rotatable bonds is 6. The zero-order chi connectivity index (χ0) is 14.2. The van der Waals surface area contributed by atoms with Gasteiger partial charge >= 0.3 is 0 Å². The van der Waals surface area contributed by atoms with Gasteiger partial charge in [-0.25, -0.2) is 0 Å². The minimum Gasteiger partial charge on any atom is -0.314 e. The summed E-state index contributed by atoms with van der Waals surface area (Å²) in [4.78, 5) is 0. The van der Waals surface area contributed by atoms with E-state index in [0.717, 1.165) is 24.9 Å². The Bertz CT molecular complexity index is 385. The number of benzene rings is 1. The van der Waals surface area contributed by atoms with Crippen molar-refractivity contribution >= 4 is 0 Å². The second-order valence-electron chi connectivity index (χ2n) is 6.55. The first-order valence-corrected chi connectivity index (χ1v) is 8.57. The van der Waals surface area contributed by atoms with Gasteiger partial charge in [0.15, 0.2) is 0 Å². The van der Waals surface area contributed by atoms with Gasteiger partial charge in [0, 0.05) is 6.04 Å².